The first-order valence-corrected chi connectivity index (χ1v) is 8.26. The highest BCUT2D eigenvalue weighted by atomic mass is 35.5. The Balaban J connectivity index is 1.83. The van der Waals surface area contributed by atoms with Gasteiger partial charge >= 0.3 is 0 Å². The largest absolute Gasteiger partial charge is 0.378 e. The van der Waals surface area contributed by atoms with E-state index < -0.39 is 11.5 Å². The van der Waals surface area contributed by atoms with Crippen LogP contribution in [0.2, 0.25) is 5.02 Å². The van der Waals surface area contributed by atoms with Gasteiger partial charge in [0.15, 0.2) is 0 Å². The van der Waals surface area contributed by atoms with Crippen LogP contribution in [0.5, 0.6) is 0 Å². The van der Waals surface area contributed by atoms with Gasteiger partial charge in [-0.1, -0.05) is 17.7 Å². The summed E-state index contributed by atoms with van der Waals surface area (Å²) in [5, 5.41) is 3.31. The molecule has 2 aromatic carbocycles. The fourth-order valence-electron chi connectivity index (χ4n) is 2.37. The Hall–Kier alpha value is -3.12. The van der Waals surface area contributed by atoms with E-state index in [0.29, 0.717) is 22.1 Å². The maximum absolute atomic E-state index is 12.4. The van der Waals surface area contributed by atoms with Crippen LogP contribution >= 0.6 is 11.6 Å². The van der Waals surface area contributed by atoms with E-state index in [1.54, 1.807) is 30.3 Å². The van der Waals surface area contributed by atoms with Crippen LogP contribution in [0.1, 0.15) is 10.4 Å². The van der Waals surface area contributed by atoms with Gasteiger partial charge in [0, 0.05) is 42.3 Å². The first-order chi connectivity index (χ1) is 12.4. The van der Waals surface area contributed by atoms with Crippen molar-refractivity contribution < 1.29 is 4.79 Å². The molecule has 2 N–H and O–H groups in total. The summed E-state index contributed by atoms with van der Waals surface area (Å²) < 4.78 is 0. The predicted molar refractivity (Wildman–Crippen MR) is 104 cm³/mol. The monoisotopic (exact) mass is 368 g/mol. The number of anilines is 2. The topological polar surface area (TPSA) is 78.1 Å². The molecule has 0 fully saturated rings. The fourth-order valence-corrected chi connectivity index (χ4v) is 2.50. The molecule has 1 aromatic heterocycles. The van der Waals surface area contributed by atoms with Crippen LogP contribution in [0.4, 0.5) is 11.4 Å². The maximum atomic E-state index is 12.4. The zero-order valence-corrected chi connectivity index (χ0v) is 15.0. The number of H-pyrrole nitrogens is 1. The molecule has 1 amide bonds. The molecule has 0 spiro atoms. The molecular weight excluding hydrogens is 352 g/mol. The van der Waals surface area contributed by atoms with Gasteiger partial charge in [0.25, 0.3) is 11.5 Å². The van der Waals surface area contributed by atoms with E-state index in [1.165, 1.54) is 6.20 Å². The number of aromatic nitrogens is 2. The molecule has 0 aliphatic carbocycles. The molecule has 0 bridgehead atoms. The molecule has 26 heavy (non-hydrogen) atoms. The molecule has 0 unspecified atom stereocenters. The van der Waals surface area contributed by atoms with Crippen LogP contribution in [0, 0.1) is 0 Å². The summed E-state index contributed by atoms with van der Waals surface area (Å²) >= 11 is 5.86. The van der Waals surface area contributed by atoms with Crippen LogP contribution in [0.25, 0.3) is 11.4 Å². The lowest BCUT2D eigenvalue weighted by molar-refractivity contribution is 0.102. The molecule has 7 heteroatoms. The van der Waals surface area contributed by atoms with Crippen molar-refractivity contribution in [1.82, 2.24) is 9.97 Å². The van der Waals surface area contributed by atoms with Crippen molar-refractivity contribution in [3.05, 3.63) is 75.7 Å². The summed E-state index contributed by atoms with van der Waals surface area (Å²) in [6, 6.07) is 14.2. The molecule has 3 rings (SSSR count). The Morgan fingerprint density at radius 1 is 1.15 bits per heavy atom. The molecule has 3 aromatic rings. The fraction of sp³-hybridized carbons (Fsp3) is 0.105. The summed E-state index contributed by atoms with van der Waals surface area (Å²) in [6.07, 6.45) is 1.27. The minimum Gasteiger partial charge on any atom is -0.378 e. The van der Waals surface area contributed by atoms with Crippen molar-refractivity contribution in [3.63, 3.8) is 0 Å². The van der Waals surface area contributed by atoms with Crippen molar-refractivity contribution in [1.29, 1.82) is 0 Å². The number of halogens is 1. The van der Waals surface area contributed by atoms with E-state index in [4.69, 9.17) is 11.6 Å². The highest BCUT2D eigenvalue weighted by molar-refractivity contribution is 6.30. The average Bonchev–Trinajstić information content (AvgIpc) is 2.62. The van der Waals surface area contributed by atoms with Gasteiger partial charge in [0.05, 0.1) is 0 Å². The van der Waals surface area contributed by atoms with Crippen molar-refractivity contribution in [2.75, 3.05) is 24.3 Å². The number of hydrogen-bond donors (Lipinski definition) is 2. The maximum Gasteiger partial charge on any atom is 0.264 e. The minimum absolute atomic E-state index is 0.0574. The van der Waals surface area contributed by atoms with Crippen molar-refractivity contribution >= 4 is 28.9 Å². The second-order valence-corrected chi connectivity index (χ2v) is 6.32. The average molecular weight is 369 g/mol. The lowest BCUT2D eigenvalue weighted by Crippen LogP contribution is -2.24. The molecule has 0 aliphatic rings. The van der Waals surface area contributed by atoms with Gasteiger partial charge in [-0.15, -0.1) is 0 Å². The molecule has 0 radical (unpaired) electrons. The second-order valence-electron chi connectivity index (χ2n) is 5.88. The van der Waals surface area contributed by atoms with Crippen LogP contribution in [-0.4, -0.2) is 30.0 Å². The molecule has 1 heterocycles. The Bertz CT molecular complexity index is 997. The first-order valence-electron chi connectivity index (χ1n) is 7.88. The Morgan fingerprint density at radius 2 is 1.88 bits per heavy atom. The third-order valence-corrected chi connectivity index (χ3v) is 4.03. The van der Waals surface area contributed by atoms with Crippen molar-refractivity contribution in [2.24, 2.45) is 0 Å². The van der Waals surface area contributed by atoms with Crippen LogP contribution in [-0.2, 0) is 0 Å². The Labute approximate surface area is 155 Å². The lowest BCUT2D eigenvalue weighted by Gasteiger charge is -2.14. The van der Waals surface area contributed by atoms with Gasteiger partial charge in [-0.2, -0.15) is 0 Å². The highest BCUT2D eigenvalue weighted by Crippen LogP contribution is 2.19. The third kappa shape index (κ3) is 3.92. The van der Waals surface area contributed by atoms with E-state index >= 15 is 0 Å². The zero-order valence-electron chi connectivity index (χ0n) is 14.3. The molecule has 0 saturated carbocycles. The number of benzene rings is 2. The highest BCUT2D eigenvalue weighted by Gasteiger charge is 2.13. The number of amides is 1. The number of nitrogens with zero attached hydrogens (tertiary/aromatic N) is 2. The summed E-state index contributed by atoms with van der Waals surface area (Å²) in [4.78, 5) is 33.4. The van der Waals surface area contributed by atoms with Crippen LogP contribution in [0.3, 0.4) is 0 Å². The van der Waals surface area contributed by atoms with E-state index in [9.17, 15) is 9.59 Å². The number of nitrogens with one attached hydrogen (secondary N) is 2. The zero-order chi connectivity index (χ0) is 18.7. The van der Waals surface area contributed by atoms with E-state index in [2.05, 4.69) is 15.3 Å². The number of carbonyl (C=O) groups excluding carboxylic acids is 1. The van der Waals surface area contributed by atoms with Gasteiger partial charge in [-0.25, -0.2) is 4.98 Å². The third-order valence-electron chi connectivity index (χ3n) is 3.78. The van der Waals surface area contributed by atoms with Gasteiger partial charge in [0.1, 0.15) is 11.4 Å². The lowest BCUT2D eigenvalue weighted by atomic mass is 10.2. The summed E-state index contributed by atoms with van der Waals surface area (Å²) in [5.74, 6) is -0.143. The quantitative estimate of drug-likeness (QED) is 0.739. The summed E-state index contributed by atoms with van der Waals surface area (Å²) in [5.41, 5.74) is 1.68. The van der Waals surface area contributed by atoms with Crippen molar-refractivity contribution in [2.45, 2.75) is 0 Å². The van der Waals surface area contributed by atoms with Gasteiger partial charge in [-0.05, 0) is 42.5 Å². The van der Waals surface area contributed by atoms with E-state index in [1.807, 2.05) is 37.2 Å². The van der Waals surface area contributed by atoms with E-state index in [-0.39, 0.29) is 5.56 Å². The predicted octanol–water partition coefficient (Wildman–Crippen LogP) is 3.41. The number of carbonyl (C=O) groups is 1. The number of aromatic amines is 1. The minimum atomic E-state index is -0.516. The summed E-state index contributed by atoms with van der Waals surface area (Å²) in [7, 11) is 3.82. The van der Waals surface area contributed by atoms with Crippen LogP contribution < -0.4 is 15.8 Å². The molecule has 0 atom stereocenters. The molecule has 0 aliphatic heterocycles. The standard InChI is InChI=1S/C19H17ClN4O2/c1-24(2)15-5-3-4-14(10-15)22-18(25)16-11-21-17(23-19(16)26)12-6-8-13(20)9-7-12/h3-11H,1-2H3,(H,22,25)(H,21,23,26). The molecular formula is C19H17ClN4O2. The SMILES string of the molecule is CN(C)c1cccc(NC(=O)c2cnc(-c3ccc(Cl)cc3)[nH]c2=O)c1. The Kier molecular flexibility index (Phi) is 5.04. The van der Waals surface area contributed by atoms with Crippen molar-refractivity contribution in [3.8, 4) is 11.4 Å². The normalized spacial score (nSPS) is 10.4. The number of rotatable bonds is 4. The van der Waals surface area contributed by atoms with E-state index in [0.717, 1.165) is 5.69 Å². The smallest absolute Gasteiger partial charge is 0.264 e. The Morgan fingerprint density at radius 3 is 2.54 bits per heavy atom. The molecule has 6 nitrogen and oxygen atoms in total. The molecule has 132 valence electrons. The second kappa shape index (κ2) is 7.41. The molecule has 0 saturated heterocycles. The number of hydrogen-bond acceptors (Lipinski definition) is 4. The van der Waals surface area contributed by atoms with Gasteiger partial charge in [-0.3, -0.25) is 9.59 Å². The first kappa shape index (κ1) is 17.7. The van der Waals surface area contributed by atoms with Crippen LogP contribution in [0.15, 0.2) is 59.5 Å². The van der Waals surface area contributed by atoms with Gasteiger partial charge < -0.3 is 15.2 Å². The van der Waals surface area contributed by atoms with Gasteiger partial charge in [0.2, 0.25) is 0 Å². The summed E-state index contributed by atoms with van der Waals surface area (Å²) in [6.45, 7) is 0.